The third kappa shape index (κ3) is 2.71. The van der Waals surface area contributed by atoms with Gasteiger partial charge in [0.05, 0.1) is 0 Å². The Morgan fingerprint density at radius 1 is 1.43 bits per heavy atom. The second kappa shape index (κ2) is 5.65. The predicted octanol–water partition coefficient (Wildman–Crippen LogP) is 1.39. The van der Waals surface area contributed by atoms with E-state index in [0.29, 0.717) is 10.8 Å². The first kappa shape index (κ1) is 16.4. The molecule has 2 atom stereocenters. The molecule has 118 valence electrons. The lowest BCUT2D eigenvalue weighted by atomic mass is 9.70. The van der Waals surface area contributed by atoms with Crippen LogP contribution in [0.2, 0.25) is 0 Å². The molecular weight excluding hydrogens is 284 g/mol. The van der Waals surface area contributed by atoms with Gasteiger partial charge >= 0.3 is 0 Å². The van der Waals surface area contributed by atoms with Crippen molar-refractivity contribution in [3.63, 3.8) is 0 Å². The lowest BCUT2D eigenvalue weighted by Crippen LogP contribution is -2.38. The highest BCUT2D eigenvalue weighted by Gasteiger charge is 2.65. The molecule has 2 saturated carbocycles. The fourth-order valence-electron chi connectivity index (χ4n) is 3.50. The summed E-state index contributed by atoms with van der Waals surface area (Å²) in [5, 5.41) is 7.89. The van der Waals surface area contributed by atoms with Gasteiger partial charge in [-0.15, -0.1) is 0 Å². The van der Waals surface area contributed by atoms with Crippen LogP contribution in [0.15, 0.2) is 5.10 Å². The van der Waals surface area contributed by atoms with E-state index in [0.717, 1.165) is 25.9 Å². The Kier molecular flexibility index (Phi) is 4.40. The Balaban J connectivity index is 1.97. The van der Waals surface area contributed by atoms with Crippen LogP contribution in [-0.4, -0.2) is 48.7 Å². The molecule has 0 heterocycles. The molecule has 5 nitrogen and oxygen atoms in total. The van der Waals surface area contributed by atoms with Gasteiger partial charge in [0.25, 0.3) is 0 Å². The quantitative estimate of drug-likeness (QED) is 0.607. The highest BCUT2D eigenvalue weighted by atomic mass is 32.1. The van der Waals surface area contributed by atoms with E-state index in [9.17, 15) is 4.79 Å². The van der Waals surface area contributed by atoms with Crippen LogP contribution in [0.4, 0.5) is 0 Å². The van der Waals surface area contributed by atoms with Crippen molar-refractivity contribution in [2.75, 3.05) is 27.2 Å². The summed E-state index contributed by atoms with van der Waals surface area (Å²) >= 11 is 5.19. The Labute approximate surface area is 132 Å². The van der Waals surface area contributed by atoms with Crippen LogP contribution in [0, 0.1) is 16.7 Å². The Hall–Kier alpha value is -1.01. The Morgan fingerprint density at radius 3 is 2.62 bits per heavy atom. The van der Waals surface area contributed by atoms with Crippen molar-refractivity contribution < 1.29 is 4.79 Å². The number of carbonyl (C=O) groups excluding carboxylic acids is 1. The van der Waals surface area contributed by atoms with Crippen molar-refractivity contribution >= 4 is 28.8 Å². The van der Waals surface area contributed by atoms with Crippen molar-refractivity contribution in [1.82, 2.24) is 15.6 Å². The molecule has 2 bridgehead atoms. The first-order valence-electron chi connectivity index (χ1n) is 7.51. The van der Waals surface area contributed by atoms with Gasteiger partial charge in [0, 0.05) is 24.4 Å². The van der Waals surface area contributed by atoms with Gasteiger partial charge in [-0.1, -0.05) is 20.8 Å². The number of hydrogen-bond donors (Lipinski definition) is 2. The molecule has 2 aliphatic carbocycles. The van der Waals surface area contributed by atoms with Gasteiger partial charge in [-0.05, 0) is 44.6 Å². The van der Waals surface area contributed by atoms with Crippen molar-refractivity contribution in [3.8, 4) is 0 Å². The number of rotatable bonds is 4. The van der Waals surface area contributed by atoms with Gasteiger partial charge < -0.3 is 10.2 Å². The van der Waals surface area contributed by atoms with Gasteiger partial charge in [-0.25, -0.2) is 0 Å². The number of nitrogens with zero attached hydrogens (tertiary/aromatic N) is 2. The number of hydrogen-bond acceptors (Lipinski definition) is 4. The normalized spacial score (nSPS) is 32.0. The molecule has 0 radical (unpaired) electrons. The van der Waals surface area contributed by atoms with Crippen LogP contribution >= 0.6 is 12.2 Å². The molecule has 21 heavy (non-hydrogen) atoms. The second-order valence-corrected chi connectivity index (χ2v) is 7.55. The van der Waals surface area contributed by atoms with E-state index in [1.807, 2.05) is 14.1 Å². The number of Topliss-reactive ketones (excluding diaryl/α,β-unsaturated/α-hetero) is 1. The van der Waals surface area contributed by atoms with Gasteiger partial charge in [0.15, 0.2) is 10.9 Å². The van der Waals surface area contributed by atoms with Gasteiger partial charge in [-0.3, -0.25) is 10.2 Å². The molecule has 0 unspecified atom stereocenters. The summed E-state index contributed by atoms with van der Waals surface area (Å²) < 4.78 is 0. The van der Waals surface area contributed by atoms with E-state index in [1.54, 1.807) is 0 Å². The minimum atomic E-state index is -0.266. The van der Waals surface area contributed by atoms with Crippen molar-refractivity contribution in [1.29, 1.82) is 0 Å². The van der Waals surface area contributed by atoms with Crippen LogP contribution in [0.25, 0.3) is 0 Å². The van der Waals surface area contributed by atoms with Crippen molar-refractivity contribution in [2.24, 2.45) is 21.8 Å². The summed E-state index contributed by atoms with van der Waals surface area (Å²) in [5.74, 6) is 0.430. The number of nitrogens with one attached hydrogen (secondary N) is 2. The van der Waals surface area contributed by atoms with Gasteiger partial charge in [-0.2, -0.15) is 5.10 Å². The molecule has 2 fully saturated rings. The molecule has 0 aromatic heterocycles. The predicted molar refractivity (Wildman–Crippen MR) is 89.3 cm³/mol. The van der Waals surface area contributed by atoms with Crippen LogP contribution in [0.5, 0.6) is 0 Å². The monoisotopic (exact) mass is 310 g/mol. The number of likely N-dealkylation sites (N-methyl/N-ethyl adjacent to an activating group) is 1. The fraction of sp³-hybridized carbons (Fsp3) is 0.800. The molecule has 0 spiro atoms. The zero-order valence-electron chi connectivity index (χ0n) is 13.6. The summed E-state index contributed by atoms with van der Waals surface area (Å²) in [7, 11) is 4.02. The number of ketones is 1. The number of hydrazone groups is 1. The topological polar surface area (TPSA) is 56.7 Å². The minimum absolute atomic E-state index is 0.00936. The lowest BCUT2D eigenvalue weighted by molar-refractivity contribution is -0.123. The first-order chi connectivity index (χ1) is 9.70. The van der Waals surface area contributed by atoms with E-state index in [1.165, 1.54) is 0 Å². The van der Waals surface area contributed by atoms with Crippen LogP contribution < -0.4 is 10.7 Å². The zero-order chi connectivity index (χ0) is 15.8. The molecule has 2 rings (SSSR count). The summed E-state index contributed by atoms with van der Waals surface area (Å²) in [6.45, 7) is 8.08. The maximum Gasteiger partial charge on any atom is 0.187 e. The van der Waals surface area contributed by atoms with E-state index in [-0.39, 0.29) is 22.5 Å². The van der Waals surface area contributed by atoms with Crippen LogP contribution in [-0.2, 0) is 4.79 Å². The van der Waals surface area contributed by atoms with Crippen LogP contribution in [0.1, 0.15) is 33.6 Å². The third-order valence-electron chi connectivity index (χ3n) is 5.41. The van der Waals surface area contributed by atoms with Crippen molar-refractivity contribution in [2.45, 2.75) is 33.6 Å². The van der Waals surface area contributed by atoms with Gasteiger partial charge in [0.1, 0.15) is 5.71 Å². The average molecular weight is 310 g/mol. The molecule has 6 heteroatoms. The summed E-state index contributed by atoms with van der Waals surface area (Å²) in [6, 6.07) is 0. The maximum absolute atomic E-state index is 12.6. The van der Waals surface area contributed by atoms with E-state index in [4.69, 9.17) is 12.2 Å². The zero-order valence-corrected chi connectivity index (χ0v) is 14.4. The molecule has 0 aromatic carbocycles. The molecule has 0 aromatic rings. The number of carbonyl (C=O) groups is 1. The molecule has 2 aliphatic rings. The molecule has 2 N–H and O–H groups in total. The molecule has 0 amide bonds. The highest BCUT2D eigenvalue weighted by Crippen LogP contribution is 2.62. The van der Waals surface area contributed by atoms with E-state index in [2.05, 4.69) is 41.5 Å². The highest BCUT2D eigenvalue weighted by molar-refractivity contribution is 7.80. The largest absolute Gasteiger partial charge is 0.360 e. The molecular formula is C15H26N4OS. The molecule has 0 aliphatic heterocycles. The summed E-state index contributed by atoms with van der Waals surface area (Å²) in [5.41, 5.74) is 3.23. The van der Waals surface area contributed by atoms with E-state index >= 15 is 0 Å². The summed E-state index contributed by atoms with van der Waals surface area (Å²) in [6.07, 6.45) is 2.00. The van der Waals surface area contributed by atoms with E-state index < -0.39 is 0 Å². The Morgan fingerprint density at radius 2 is 2.10 bits per heavy atom. The van der Waals surface area contributed by atoms with Crippen molar-refractivity contribution in [3.05, 3.63) is 0 Å². The average Bonchev–Trinajstić information content (AvgIpc) is 2.69. The number of thiocarbonyl (C=S) groups is 1. The van der Waals surface area contributed by atoms with Gasteiger partial charge in [0.2, 0.25) is 0 Å². The first-order valence-corrected chi connectivity index (χ1v) is 7.92. The SMILES string of the molecule is CN(C)CCNC(=S)N/N=C1/C(=O)[C@]2(C)CC[C@H]1C2(C)C. The summed E-state index contributed by atoms with van der Waals surface area (Å²) in [4.78, 5) is 14.7. The maximum atomic E-state index is 12.6. The second-order valence-electron chi connectivity index (χ2n) is 7.14. The standard InChI is InChI=1S/C15H26N4OS/c1-14(2)10-6-7-15(14,3)12(20)11(10)17-18-13(21)16-8-9-19(4)5/h10H,6-9H2,1-5H3,(H2,16,18,21)/b17-11+/t10-,15+/m1/s1. The minimum Gasteiger partial charge on any atom is -0.360 e. The fourth-order valence-corrected chi connectivity index (χ4v) is 3.65. The molecule has 0 saturated heterocycles. The smallest absolute Gasteiger partial charge is 0.187 e. The lowest BCUT2D eigenvalue weighted by Gasteiger charge is -2.31. The third-order valence-corrected chi connectivity index (χ3v) is 5.65. The van der Waals surface area contributed by atoms with Crippen LogP contribution in [0.3, 0.4) is 0 Å². The Bertz CT molecular complexity index is 486. The number of fused-ring (bicyclic) bond motifs is 2.